The molecule has 0 radical (unpaired) electrons. The van der Waals surface area contributed by atoms with Gasteiger partial charge in [0.15, 0.2) is 0 Å². The van der Waals surface area contributed by atoms with Gasteiger partial charge in [0.05, 0.1) is 12.0 Å². The fourth-order valence-electron chi connectivity index (χ4n) is 2.12. The summed E-state index contributed by atoms with van der Waals surface area (Å²) < 4.78 is 0. The van der Waals surface area contributed by atoms with Crippen LogP contribution >= 0.6 is 11.3 Å². The Hall–Kier alpha value is -1.95. The normalized spacial score (nSPS) is 18.2. The van der Waals surface area contributed by atoms with Crippen molar-refractivity contribution in [2.45, 2.75) is 26.8 Å². The molecule has 0 spiro atoms. The van der Waals surface area contributed by atoms with Crippen LogP contribution in [0.3, 0.4) is 0 Å². The number of amides is 2. The number of likely N-dealkylation sites (tertiary alicyclic amines) is 1. The number of rotatable bonds is 4. The van der Waals surface area contributed by atoms with Crippen LogP contribution in [0.5, 0.6) is 0 Å². The Kier molecular flexibility index (Phi) is 3.76. The first kappa shape index (κ1) is 14.5. The van der Waals surface area contributed by atoms with Crippen molar-refractivity contribution < 1.29 is 19.5 Å². The predicted octanol–water partition coefficient (Wildman–Crippen LogP) is 2.13. The average molecular weight is 293 g/mol. The Morgan fingerprint density at radius 3 is 2.75 bits per heavy atom. The Morgan fingerprint density at radius 1 is 1.50 bits per heavy atom. The lowest BCUT2D eigenvalue weighted by atomic mass is 9.92. The van der Waals surface area contributed by atoms with Crippen molar-refractivity contribution >= 4 is 35.2 Å². The summed E-state index contributed by atoms with van der Waals surface area (Å²) in [6, 6.07) is 1.77. The third-order valence-electron chi connectivity index (χ3n) is 3.21. The van der Waals surface area contributed by atoms with Crippen molar-refractivity contribution in [3.63, 3.8) is 0 Å². The van der Waals surface area contributed by atoms with Crippen LogP contribution in [0.25, 0.3) is 6.08 Å². The Balaban J connectivity index is 2.19. The summed E-state index contributed by atoms with van der Waals surface area (Å²) in [4.78, 5) is 36.6. The van der Waals surface area contributed by atoms with E-state index in [0.29, 0.717) is 0 Å². The minimum atomic E-state index is -1.03. The van der Waals surface area contributed by atoms with Gasteiger partial charge in [-0.25, -0.2) is 4.79 Å². The summed E-state index contributed by atoms with van der Waals surface area (Å²) >= 11 is 1.40. The molecule has 0 saturated carbocycles. The first-order valence-electron chi connectivity index (χ1n) is 6.13. The third kappa shape index (κ3) is 2.80. The predicted molar refractivity (Wildman–Crippen MR) is 74.9 cm³/mol. The molecule has 106 valence electrons. The van der Waals surface area contributed by atoms with Gasteiger partial charge in [-0.3, -0.25) is 14.5 Å². The van der Waals surface area contributed by atoms with E-state index >= 15 is 0 Å². The molecule has 1 fully saturated rings. The zero-order valence-corrected chi connectivity index (χ0v) is 12.1. The van der Waals surface area contributed by atoms with Gasteiger partial charge in [-0.15, -0.1) is 11.3 Å². The monoisotopic (exact) mass is 293 g/mol. The highest BCUT2D eigenvalue weighted by Gasteiger charge is 2.44. The van der Waals surface area contributed by atoms with E-state index in [0.717, 1.165) is 16.5 Å². The molecule has 6 heteroatoms. The van der Waals surface area contributed by atoms with Crippen LogP contribution in [0.4, 0.5) is 0 Å². The SMILES string of the molecule is CC1(C)CC(=O)N(Cc2sccc2C=CC(=O)O)C1=O. The lowest BCUT2D eigenvalue weighted by Crippen LogP contribution is -2.32. The molecule has 0 aliphatic carbocycles. The standard InChI is InChI=1S/C14H15NO4S/c1-14(2)7-11(16)15(13(14)19)8-10-9(5-6-20-10)3-4-12(17)18/h3-6H,7-8H2,1-2H3,(H,17,18). The molecule has 1 aromatic heterocycles. The largest absolute Gasteiger partial charge is 0.478 e. The molecule has 5 nitrogen and oxygen atoms in total. The smallest absolute Gasteiger partial charge is 0.328 e. The Morgan fingerprint density at radius 2 is 2.20 bits per heavy atom. The van der Waals surface area contributed by atoms with E-state index in [1.807, 2.05) is 5.38 Å². The molecular formula is C14H15NO4S. The highest BCUT2D eigenvalue weighted by atomic mass is 32.1. The first-order chi connectivity index (χ1) is 9.31. The molecule has 2 rings (SSSR count). The number of imide groups is 1. The average Bonchev–Trinajstić information content (AvgIpc) is 2.85. The minimum absolute atomic E-state index is 0.177. The zero-order chi connectivity index (χ0) is 14.9. The second kappa shape index (κ2) is 5.20. The van der Waals surface area contributed by atoms with Gasteiger partial charge >= 0.3 is 5.97 Å². The van der Waals surface area contributed by atoms with Crippen LogP contribution in [0.15, 0.2) is 17.5 Å². The van der Waals surface area contributed by atoms with Crippen molar-refractivity contribution in [2.75, 3.05) is 0 Å². The van der Waals surface area contributed by atoms with Gasteiger partial charge in [-0.1, -0.05) is 13.8 Å². The van der Waals surface area contributed by atoms with E-state index < -0.39 is 11.4 Å². The van der Waals surface area contributed by atoms with Crippen molar-refractivity contribution in [2.24, 2.45) is 5.41 Å². The molecule has 20 heavy (non-hydrogen) atoms. The van der Waals surface area contributed by atoms with Gasteiger partial charge in [0.25, 0.3) is 0 Å². The number of aliphatic carboxylic acids is 1. The number of carboxylic acid groups (broad SMARTS) is 1. The molecular weight excluding hydrogens is 278 g/mol. The number of hydrogen-bond acceptors (Lipinski definition) is 4. The van der Waals surface area contributed by atoms with Crippen LogP contribution in [0, 0.1) is 5.41 Å². The minimum Gasteiger partial charge on any atom is -0.478 e. The first-order valence-corrected chi connectivity index (χ1v) is 7.01. The number of carbonyl (C=O) groups excluding carboxylic acids is 2. The summed E-state index contributed by atoms with van der Waals surface area (Å²) in [6.45, 7) is 3.72. The highest BCUT2D eigenvalue weighted by Crippen LogP contribution is 2.33. The van der Waals surface area contributed by atoms with Gasteiger partial charge in [-0.2, -0.15) is 0 Å². The van der Waals surface area contributed by atoms with E-state index in [-0.39, 0.29) is 24.8 Å². The summed E-state index contributed by atoms with van der Waals surface area (Å²) in [7, 11) is 0. The van der Waals surface area contributed by atoms with Gasteiger partial charge in [0.2, 0.25) is 11.8 Å². The molecule has 2 amide bonds. The Labute approximate surface area is 120 Å². The number of carbonyl (C=O) groups is 3. The quantitative estimate of drug-likeness (QED) is 0.681. The maximum atomic E-state index is 12.1. The van der Waals surface area contributed by atoms with Gasteiger partial charge in [-0.05, 0) is 23.1 Å². The van der Waals surface area contributed by atoms with Crippen molar-refractivity contribution in [3.8, 4) is 0 Å². The summed E-state index contributed by atoms with van der Waals surface area (Å²) in [6.07, 6.45) is 2.74. The van der Waals surface area contributed by atoms with Crippen LogP contribution in [0.1, 0.15) is 30.7 Å². The fraction of sp³-hybridized carbons (Fsp3) is 0.357. The van der Waals surface area contributed by atoms with Crippen LogP contribution in [0.2, 0.25) is 0 Å². The van der Waals surface area contributed by atoms with Crippen molar-refractivity contribution in [3.05, 3.63) is 28.0 Å². The summed E-state index contributed by atoms with van der Waals surface area (Å²) in [5.41, 5.74) is 0.0773. The van der Waals surface area contributed by atoms with E-state index in [1.165, 1.54) is 22.3 Å². The zero-order valence-electron chi connectivity index (χ0n) is 11.3. The molecule has 0 aromatic carbocycles. The molecule has 2 heterocycles. The van der Waals surface area contributed by atoms with Gasteiger partial charge in [0, 0.05) is 17.4 Å². The number of thiophene rings is 1. The van der Waals surface area contributed by atoms with Gasteiger partial charge < -0.3 is 5.11 Å². The maximum Gasteiger partial charge on any atom is 0.328 e. The van der Waals surface area contributed by atoms with Crippen LogP contribution in [-0.2, 0) is 20.9 Å². The van der Waals surface area contributed by atoms with E-state index in [4.69, 9.17) is 5.11 Å². The third-order valence-corrected chi connectivity index (χ3v) is 4.13. The lowest BCUT2D eigenvalue weighted by Gasteiger charge is -2.17. The number of carboxylic acids is 1. The molecule has 1 N–H and O–H groups in total. The van der Waals surface area contributed by atoms with Crippen LogP contribution < -0.4 is 0 Å². The van der Waals surface area contributed by atoms with Crippen molar-refractivity contribution in [1.29, 1.82) is 0 Å². The second-order valence-electron chi connectivity index (χ2n) is 5.32. The molecule has 0 atom stereocenters. The summed E-state index contributed by atoms with van der Waals surface area (Å²) in [5, 5.41) is 10.5. The topological polar surface area (TPSA) is 74.7 Å². The van der Waals surface area contributed by atoms with E-state index in [9.17, 15) is 14.4 Å². The molecule has 0 bridgehead atoms. The van der Waals surface area contributed by atoms with E-state index in [2.05, 4.69) is 0 Å². The maximum absolute atomic E-state index is 12.1. The van der Waals surface area contributed by atoms with E-state index in [1.54, 1.807) is 19.9 Å². The molecule has 1 aliphatic rings. The number of nitrogens with zero attached hydrogens (tertiary/aromatic N) is 1. The fourth-order valence-corrected chi connectivity index (χ4v) is 2.97. The molecule has 1 aromatic rings. The van der Waals surface area contributed by atoms with Gasteiger partial charge in [0.1, 0.15) is 0 Å². The molecule has 1 aliphatic heterocycles. The van der Waals surface area contributed by atoms with Crippen molar-refractivity contribution in [1.82, 2.24) is 4.90 Å². The Bertz CT molecular complexity index is 600. The summed E-state index contributed by atoms with van der Waals surface area (Å²) in [5.74, 6) is -1.39. The second-order valence-corrected chi connectivity index (χ2v) is 6.32. The highest BCUT2D eigenvalue weighted by molar-refractivity contribution is 7.10. The molecule has 1 saturated heterocycles. The van der Waals surface area contributed by atoms with Crippen LogP contribution in [-0.4, -0.2) is 27.8 Å². The molecule has 0 unspecified atom stereocenters. The number of hydrogen-bond donors (Lipinski definition) is 1. The lowest BCUT2D eigenvalue weighted by molar-refractivity contribution is -0.141.